The van der Waals surface area contributed by atoms with Crippen LogP contribution in [0, 0.1) is 0 Å². The highest BCUT2D eigenvalue weighted by Gasteiger charge is 2.22. The molecule has 4 heteroatoms. The Balaban J connectivity index is 1.72. The number of hydrogen-bond acceptors (Lipinski definition) is 2. The Bertz CT molecular complexity index is 728. The fourth-order valence-electron chi connectivity index (χ4n) is 3.20. The van der Waals surface area contributed by atoms with Gasteiger partial charge in [-0.05, 0) is 45.3 Å². The van der Waals surface area contributed by atoms with Crippen molar-refractivity contribution in [1.29, 1.82) is 0 Å². The van der Waals surface area contributed by atoms with Crippen LogP contribution in [-0.2, 0) is 13.0 Å². The Kier molecular flexibility index (Phi) is 5.59. The number of hydrogen-bond donors (Lipinski definition) is 1. The highest BCUT2D eigenvalue weighted by molar-refractivity contribution is 9.11. The maximum atomic E-state index is 5.44. The monoisotopic (exact) mass is 388 g/mol. The molecule has 1 unspecified atom stereocenters. The molecule has 0 radical (unpaired) electrons. The first-order chi connectivity index (χ1) is 11.7. The van der Waals surface area contributed by atoms with E-state index >= 15 is 0 Å². The highest BCUT2D eigenvalue weighted by atomic mass is 79.9. The zero-order valence-electron chi connectivity index (χ0n) is 14.1. The fourth-order valence-corrected chi connectivity index (χ4v) is 3.86. The predicted octanol–water partition coefficient (Wildman–Crippen LogP) is 3.08. The molecule has 1 atom stereocenters. The summed E-state index contributed by atoms with van der Waals surface area (Å²) in [5.41, 5.74) is 3.96. The molecule has 0 aromatic heterocycles. The van der Waals surface area contributed by atoms with E-state index in [4.69, 9.17) is 9.47 Å². The van der Waals surface area contributed by atoms with Gasteiger partial charge in [-0.3, -0.25) is 0 Å². The lowest BCUT2D eigenvalue weighted by atomic mass is 9.99. The van der Waals surface area contributed by atoms with Gasteiger partial charge in [-0.25, -0.2) is 0 Å². The second kappa shape index (κ2) is 7.86. The number of benzene rings is 2. The van der Waals surface area contributed by atoms with Gasteiger partial charge in [0.1, 0.15) is 13.1 Å². The first-order valence-corrected chi connectivity index (χ1v) is 8.97. The Hall–Kier alpha value is -1.78. The smallest absolute Gasteiger partial charge is 0.161 e. The van der Waals surface area contributed by atoms with Crippen molar-refractivity contribution in [3.63, 3.8) is 0 Å². The van der Waals surface area contributed by atoms with Gasteiger partial charge in [-0.1, -0.05) is 30.3 Å². The third kappa shape index (κ3) is 4.00. The number of nitrogens with one attached hydrogen (secondary N) is 1. The average molecular weight is 389 g/mol. The van der Waals surface area contributed by atoms with E-state index in [0.29, 0.717) is 0 Å². The van der Waals surface area contributed by atoms with Crippen LogP contribution in [0.15, 0.2) is 46.9 Å². The summed E-state index contributed by atoms with van der Waals surface area (Å²) in [6, 6.07) is 14.7. The fraction of sp³-hybridized carbons (Fsp3) is 0.300. The van der Waals surface area contributed by atoms with Crippen molar-refractivity contribution >= 4 is 22.0 Å². The number of ether oxygens (including phenoxy) is 2. The predicted molar refractivity (Wildman–Crippen MR) is 101 cm³/mol. The summed E-state index contributed by atoms with van der Waals surface area (Å²) in [5, 5.41) is 0. The Morgan fingerprint density at radius 1 is 1.08 bits per heavy atom. The van der Waals surface area contributed by atoms with Gasteiger partial charge >= 0.3 is 0 Å². The van der Waals surface area contributed by atoms with Crippen LogP contribution in [0.3, 0.4) is 0 Å². The third-order valence-corrected chi connectivity index (χ3v) is 4.95. The van der Waals surface area contributed by atoms with Crippen LogP contribution < -0.4 is 14.4 Å². The van der Waals surface area contributed by atoms with Crippen molar-refractivity contribution in [2.45, 2.75) is 13.0 Å². The largest absolute Gasteiger partial charge is 0.493 e. The minimum absolute atomic E-state index is 0.816. The van der Waals surface area contributed by atoms with Crippen LogP contribution in [0.5, 0.6) is 11.5 Å². The van der Waals surface area contributed by atoms with Crippen molar-refractivity contribution in [3.8, 4) is 11.5 Å². The van der Waals surface area contributed by atoms with E-state index < -0.39 is 0 Å². The minimum Gasteiger partial charge on any atom is -0.493 e. The maximum absolute atomic E-state index is 5.44. The Labute approximate surface area is 152 Å². The van der Waals surface area contributed by atoms with Crippen LogP contribution in [-0.4, -0.2) is 27.3 Å². The molecule has 0 amide bonds. The van der Waals surface area contributed by atoms with E-state index in [2.05, 4.69) is 58.4 Å². The number of halogens is 1. The molecule has 1 heterocycles. The van der Waals surface area contributed by atoms with Gasteiger partial charge in [0.25, 0.3) is 0 Å². The summed E-state index contributed by atoms with van der Waals surface area (Å²) < 4.78 is 12.1. The summed E-state index contributed by atoms with van der Waals surface area (Å²) in [7, 11) is 3.38. The SMILES string of the molecule is COc1cc2c(cc1OC)C[NH+](C/C(Br)=C/c1ccccc1)CC2. The van der Waals surface area contributed by atoms with Gasteiger partial charge in [-0.2, -0.15) is 0 Å². The first kappa shape index (κ1) is 17.1. The number of rotatable bonds is 5. The summed E-state index contributed by atoms with van der Waals surface area (Å²) >= 11 is 3.74. The lowest BCUT2D eigenvalue weighted by Crippen LogP contribution is -3.11. The molecule has 24 heavy (non-hydrogen) atoms. The number of quaternary nitrogens is 1. The molecule has 0 saturated heterocycles. The van der Waals surface area contributed by atoms with Gasteiger partial charge in [0, 0.05) is 16.5 Å². The van der Waals surface area contributed by atoms with Crippen LogP contribution in [0.25, 0.3) is 6.08 Å². The molecule has 2 aromatic rings. The molecular formula is C20H23BrNO2+. The third-order valence-electron chi connectivity index (χ3n) is 4.44. The van der Waals surface area contributed by atoms with Crippen molar-refractivity contribution < 1.29 is 14.4 Å². The van der Waals surface area contributed by atoms with E-state index in [0.717, 1.165) is 37.6 Å². The molecule has 3 rings (SSSR count). The van der Waals surface area contributed by atoms with Crippen LogP contribution >= 0.6 is 15.9 Å². The molecule has 3 nitrogen and oxygen atoms in total. The quantitative estimate of drug-likeness (QED) is 0.850. The van der Waals surface area contributed by atoms with E-state index in [-0.39, 0.29) is 0 Å². The first-order valence-electron chi connectivity index (χ1n) is 8.18. The second-order valence-electron chi connectivity index (χ2n) is 6.08. The Morgan fingerprint density at radius 2 is 1.75 bits per heavy atom. The molecule has 126 valence electrons. The standard InChI is InChI=1S/C20H22BrNO2/c1-23-19-11-16-8-9-22(13-17(16)12-20(19)24-2)14-18(21)10-15-6-4-3-5-7-15/h3-7,10-12H,8-9,13-14H2,1-2H3/p+1/b18-10-. The number of fused-ring (bicyclic) bond motifs is 1. The topological polar surface area (TPSA) is 22.9 Å². The number of methoxy groups -OCH3 is 2. The molecule has 1 N–H and O–H groups in total. The van der Waals surface area contributed by atoms with Crippen LogP contribution in [0.2, 0.25) is 0 Å². The lowest BCUT2D eigenvalue weighted by molar-refractivity contribution is -0.910. The minimum atomic E-state index is 0.816. The summed E-state index contributed by atoms with van der Waals surface area (Å²) in [5.74, 6) is 1.64. The van der Waals surface area contributed by atoms with Gasteiger partial charge in [0.15, 0.2) is 11.5 Å². The molecular weight excluding hydrogens is 366 g/mol. The summed E-state index contributed by atoms with van der Waals surface area (Å²) in [6.45, 7) is 3.12. The zero-order valence-corrected chi connectivity index (χ0v) is 15.7. The zero-order chi connectivity index (χ0) is 16.9. The van der Waals surface area contributed by atoms with Crippen molar-refractivity contribution in [2.75, 3.05) is 27.3 Å². The lowest BCUT2D eigenvalue weighted by Gasteiger charge is -2.26. The van der Waals surface area contributed by atoms with E-state index in [1.807, 2.05) is 6.07 Å². The molecule has 0 spiro atoms. The van der Waals surface area contributed by atoms with E-state index in [9.17, 15) is 0 Å². The van der Waals surface area contributed by atoms with Crippen molar-refractivity contribution in [1.82, 2.24) is 0 Å². The molecule has 1 aliphatic rings. The molecule has 0 fully saturated rings. The van der Waals surface area contributed by atoms with Crippen molar-refractivity contribution in [3.05, 3.63) is 63.6 Å². The van der Waals surface area contributed by atoms with Gasteiger partial charge in [-0.15, -0.1) is 0 Å². The van der Waals surface area contributed by atoms with Crippen LogP contribution in [0.4, 0.5) is 0 Å². The molecule has 1 aliphatic heterocycles. The average Bonchev–Trinajstić information content (AvgIpc) is 2.61. The molecule has 2 aromatic carbocycles. The summed E-state index contributed by atoms with van der Waals surface area (Å²) in [4.78, 5) is 1.55. The van der Waals surface area contributed by atoms with Crippen LogP contribution in [0.1, 0.15) is 16.7 Å². The van der Waals surface area contributed by atoms with E-state index in [1.165, 1.54) is 21.2 Å². The van der Waals surface area contributed by atoms with E-state index in [1.54, 1.807) is 19.1 Å². The van der Waals surface area contributed by atoms with Gasteiger partial charge in [0.05, 0.1) is 20.8 Å². The van der Waals surface area contributed by atoms with Gasteiger partial charge < -0.3 is 14.4 Å². The molecule has 0 bridgehead atoms. The second-order valence-corrected chi connectivity index (χ2v) is 7.10. The Morgan fingerprint density at radius 3 is 2.42 bits per heavy atom. The van der Waals surface area contributed by atoms with Crippen molar-refractivity contribution in [2.24, 2.45) is 0 Å². The highest BCUT2D eigenvalue weighted by Crippen LogP contribution is 2.31. The molecule has 0 aliphatic carbocycles. The summed E-state index contributed by atoms with van der Waals surface area (Å²) in [6.07, 6.45) is 3.27. The normalized spacial score (nSPS) is 17.3. The maximum Gasteiger partial charge on any atom is 0.161 e. The van der Waals surface area contributed by atoms with Gasteiger partial charge in [0.2, 0.25) is 0 Å². The molecule has 0 saturated carbocycles.